The Morgan fingerprint density at radius 3 is 2.65 bits per heavy atom. The molecule has 31 heavy (non-hydrogen) atoms. The first kappa shape index (κ1) is 20.7. The smallest absolute Gasteiger partial charge is 0.336 e. The number of halogens is 1. The Bertz CT molecular complexity index is 1390. The van der Waals surface area contributed by atoms with Gasteiger partial charge in [0.2, 0.25) is 5.91 Å². The molecule has 1 atom stereocenters. The summed E-state index contributed by atoms with van der Waals surface area (Å²) in [5, 5.41) is 3.41. The molecule has 2 aromatic carbocycles. The van der Waals surface area contributed by atoms with Crippen LogP contribution in [0.2, 0.25) is 5.02 Å². The lowest BCUT2D eigenvalue weighted by molar-refractivity contribution is -0.124. The van der Waals surface area contributed by atoms with E-state index in [1.807, 2.05) is 13.0 Å². The monoisotopic (exact) mass is 437 g/mol. The highest BCUT2D eigenvalue weighted by atomic mass is 35.5. The van der Waals surface area contributed by atoms with Crippen molar-refractivity contribution in [2.45, 2.75) is 26.4 Å². The van der Waals surface area contributed by atoms with Crippen LogP contribution in [0.1, 0.15) is 24.3 Å². The van der Waals surface area contributed by atoms with Crippen molar-refractivity contribution >= 4 is 28.4 Å². The Balaban J connectivity index is 1.88. The van der Waals surface area contributed by atoms with Crippen molar-refractivity contribution in [2.24, 2.45) is 0 Å². The van der Waals surface area contributed by atoms with Crippen molar-refractivity contribution in [1.82, 2.24) is 14.5 Å². The van der Waals surface area contributed by atoms with Gasteiger partial charge in [0.05, 0.1) is 29.4 Å². The summed E-state index contributed by atoms with van der Waals surface area (Å²) in [5.41, 5.74) is 0.541. The SMILES string of the molecule is Cc1cccc(-n2c(=O)c3ccc(Cl)cc3n(C(C)C(=O)NCc3ccco3)c2=O)c1. The lowest BCUT2D eigenvalue weighted by Crippen LogP contribution is -2.43. The molecule has 0 radical (unpaired) electrons. The third-order valence-corrected chi connectivity index (χ3v) is 5.33. The second kappa shape index (κ2) is 8.28. The van der Waals surface area contributed by atoms with Crippen molar-refractivity contribution in [3.8, 4) is 5.69 Å². The van der Waals surface area contributed by atoms with E-state index in [1.165, 1.54) is 16.9 Å². The predicted molar refractivity (Wildman–Crippen MR) is 119 cm³/mol. The highest BCUT2D eigenvalue weighted by Crippen LogP contribution is 2.20. The van der Waals surface area contributed by atoms with Gasteiger partial charge in [-0.15, -0.1) is 0 Å². The van der Waals surface area contributed by atoms with Crippen LogP contribution in [0, 0.1) is 6.92 Å². The molecule has 1 N–H and O–H groups in total. The molecule has 0 aliphatic heterocycles. The summed E-state index contributed by atoms with van der Waals surface area (Å²) in [6.45, 7) is 3.66. The largest absolute Gasteiger partial charge is 0.467 e. The van der Waals surface area contributed by atoms with Gasteiger partial charge in [0, 0.05) is 5.02 Å². The van der Waals surface area contributed by atoms with Gasteiger partial charge in [-0.3, -0.25) is 14.2 Å². The number of carbonyl (C=O) groups is 1. The van der Waals surface area contributed by atoms with E-state index in [0.29, 0.717) is 22.0 Å². The molecule has 1 amide bonds. The van der Waals surface area contributed by atoms with Crippen molar-refractivity contribution in [1.29, 1.82) is 0 Å². The summed E-state index contributed by atoms with van der Waals surface area (Å²) >= 11 is 6.15. The summed E-state index contributed by atoms with van der Waals surface area (Å²) in [4.78, 5) is 39.6. The van der Waals surface area contributed by atoms with Crippen LogP contribution in [-0.2, 0) is 11.3 Å². The minimum Gasteiger partial charge on any atom is -0.467 e. The number of aromatic nitrogens is 2. The highest BCUT2D eigenvalue weighted by Gasteiger charge is 2.23. The first-order valence-electron chi connectivity index (χ1n) is 9.71. The average Bonchev–Trinajstić information content (AvgIpc) is 3.25. The van der Waals surface area contributed by atoms with Gasteiger partial charge in [0.15, 0.2) is 0 Å². The van der Waals surface area contributed by atoms with Crippen LogP contribution < -0.4 is 16.6 Å². The molecule has 0 saturated heterocycles. The first-order chi connectivity index (χ1) is 14.9. The molecule has 0 spiro atoms. The van der Waals surface area contributed by atoms with E-state index >= 15 is 0 Å². The van der Waals surface area contributed by atoms with Gasteiger partial charge in [-0.1, -0.05) is 23.7 Å². The molecule has 8 heteroatoms. The summed E-state index contributed by atoms with van der Waals surface area (Å²) in [6, 6.07) is 14.3. The van der Waals surface area contributed by atoms with Crippen LogP contribution >= 0.6 is 11.6 Å². The van der Waals surface area contributed by atoms with E-state index in [-0.39, 0.29) is 11.9 Å². The van der Waals surface area contributed by atoms with E-state index in [0.717, 1.165) is 10.1 Å². The fourth-order valence-electron chi connectivity index (χ4n) is 3.52. The number of rotatable bonds is 5. The minimum absolute atomic E-state index is 0.182. The molecule has 158 valence electrons. The van der Waals surface area contributed by atoms with Crippen molar-refractivity contribution in [3.63, 3.8) is 0 Å². The predicted octanol–water partition coefficient (Wildman–Crippen LogP) is 3.58. The normalized spacial score (nSPS) is 12.1. The van der Waals surface area contributed by atoms with E-state index in [9.17, 15) is 14.4 Å². The number of hydrogen-bond donors (Lipinski definition) is 1. The fourth-order valence-corrected chi connectivity index (χ4v) is 3.69. The zero-order valence-corrected chi connectivity index (χ0v) is 17.7. The highest BCUT2D eigenvalue weighted by molar-refractivity contribution is 6.31. The minimum atomic E-state index is -0.903. The molecule has 0 fully saturated rings. The molecular weight excluding hydrogens is 418 g/mol. The topological polar surface area (TPSA) is 86.2 Å². The lowest BCUT2D eigenvalue weighted by atomic mass is 10.2. The molecule has 4 aromatic rings. The summed E-state index contributed by atoms with van der Waals surface area (Å²) < 4.78 is 7.61. The zero-order chi connectivity index (χ0) is 22.1. The molecule has 2 aromatic heterocycles. The average molecular weight is 438 g/mol. The second-order valence-electron chi connectivity index (χ2n) is 7.27. The Morgan fingerprint density at radius 1 is 1.13 bits per heavy atom. The van der Waals surface area contributed by atoms with Crippen LogP contribution in [-0.4, -0.2) is 15.0 Å². The van der Waals surface area contributed by atoms with Gasteiger partial charge < -0.3 is 9.73 Å². The number of amides is 1. The molecule has 0 saturated carbocycles. The zero-order valence-electron chi connectivity index (χ0n) is 17.0. The Labute approximate surface area is 182 Å². The number of nitrogens with one attached hydrogen (secondary N) is 1. The van der Waals surface area contributed by atoms with Crippen molar-refractivity contribution in [3.05, 3.63) is 98.0 Å². The van der Waals surface area contributed by atoms with Crippen LogP contribution in [0.25, 0.3) is 16.6 Å². The fraction of sp³-hybridized carbons (Fsp3) is 0.174. The second-order valence-corrected chi connectivity index (χ2v) is 7.70. The van der Waals surface area contributed by atoms with Gasteiger partial charge in [0.25, 0.3) is 5.56 Å². The molecule has 0 bridgehead atoms. The van der Waals surface area contributed by atoms with E-state index in [4.69, 9.17) is 16.0 Å². The molecule has 0 aliphatic carbocycles. The lowest BCUT2D eigenvalue weighted by Gasteiger charge is -2.19. The van der Waals surface area contributed by atoms with Crippen LogP contribution in [0.3, 0.4) is 0 Å². The van der Waals surface area contributed by atoms with Gasteiger partial charge in [-0.2, -0.15) is 0 Å². The Kier molecular flexibility index (Phi) is 5.52. The number of aryl methyl sites for hydroxylation is 1. The van der Waals surface area contributed by atoms with Crippen LogP contribution in [0.4, 0.5) is 0 Å². The van der Waals surface area contributed by atoms with Gasteiger partial charge in [0.1, 0.15) is 11.8 Å². The summed E-state index contributed by atoms with van der Waals surface area (Å²) in [5.74, 6) is 0.194. The molecular formula is C23H20ClN3O4. The maximum absolute atomic E-state index is 13.5. The third-order valence-electron chi connectivity index (χ3n) is 5.09. The maximum Gasteiger partial charge on any atom is 0.336 e. The van der Waals surface area contributed by atoms with Crippen molar-refractivity contribution in [2.75, 3.05) is 0 Å². The quantitative estimate of drug-likeness (QED) is 0.517. The molecule has 1 unspecified atom stereocenters. The van der Waals surface area contributed by atoms with Crippen LogP contribution in [0.15, 0.2) is 74.9 Å². The number of furan rings is 1. The third kappa shape index (κ3) is 3.92. The summed E-state index contributed by atoms with van der Waals surface area (Å²) in [6.07, 6.45) is 1.52. The van der Waals surface area contributed by atoms with E-state index in [1.54, 1.807) is 49.4 Å². The Hall–Kier alpha value is -3.58. The molecule has 2 heterocycles. The number of benzene rings is 2. The number of fused-ring (bicyclic) bond motifs is 1. The van der Waals surface area contributed by atoms with Crippen molar-refractivity contribution < 1.29 is 9.21 Å². The van der Waals surface area contributed by atoms with Gasteiger partial charge in [-0.25, -0.2) is 9.36 Å². The molecule has 0 aliphatic rings. The van der Waals surface area contributed by atoms with E-state index < -0.39 is 23.2 Å². The van der Waals surface area contributed by atoms with Crippen LogP contribution in [0.5, 0.6) is 0 Å². The summed E-state index contributed by atoms with van der Waals surface area (Å²) in [7, 11) is 0. The number of hydrogen-bond acceptors (Lipinski definition) is 4. The van der Waals surface area contributed by atoms with Gasteiger partial charge in [-0.05, 0) is 61.9 Å². The first-order valence-corrected chi connectivity index (χ1v) is 10.1. The van der Waals surface area contributed by atoms with Gasteiger partial charge >= 0.3 is 5.69 Å². The Morgan fingerprint density at radius 2 is 1.94 bits per heavy atom. The van der Waals surface area contributed by atoms with E-state index in [2.05, 4.69) is 5.32 Å². The number of carbonyl (C=O) groups excluding carboxylic acids is 1. The maximum atomic E-state index is 13.5. The number of nitrogens with zero attached hydrogens (tertiary/aromatic N) is 2. The molecule has 7 nitrogen and oxygen atoms in total. The standard InChI is InChI=1S/C23H20ClN3O4/c1-14-5-3-6-17(11-14)27-22(29)19-9-8-16(24)12-20(19)26(23(27)30)15(2)21(28)25-13-18-7-4-10-31-18/h3-12,15H,13H2,1-2H3,(H,25,28). The molecule has 4 rings (SSSR count).